The number of hydrogen-bond donors (Lipinski definition) is 1. The fourth-order valence-corrected chi connectivity index (χ4v) is 2.31. The van der Waals surface area contributed by atoms with Gasteiger partial charge in [-0.05, 0) is 36.1 Å². The molecule has 0 aliphatic rings. The first-order valence-electron chi connectivity index (χ1n) is 8.17. The molecule has 0 unspecified atom stereocenters. The van der Waals surface area contributed by atoms with Crippen molar-refractivity contribution in [3.05, 3.63) is 36.0 Å². The third-order valence-electron chi connectivity index (χ3n) is 3.22. The molecule has 1 amide bonds. The van der Waals surface area contributed by atoms with Crippen molar-refractivity contribution < 1.29 is 9.53 Å². The van der Waals surface area contributed by atoms with Crippen LogP contribution in [0.2, 0.25) is 0 Å². The number of amides is 1. The summed E-state index contributed by atoms with van der Waals surface area (Å²) in [4.78, 5) is 14.4. The molecule has 0 aromatic heterocycles. The second-order valence-corrected chi connectivity index (χ2v) is 6.58. The van der Waals surface area contributed by atoms with Gasteiger partial charge in [0.05, 0.1) is 7.11 Å². The first-order chi connectivity index (χ1) is 11.3. The fraction of sp³-hybridized carbons (Fsp3) is 0.474. The molecule has 0 fully saturated rings. The van der Waals surface area contributed by atoms with E-state index >= 15 is 0 Å². The number of anilines is 1. The number of nitrogens with zero attached hydrogens (tertiary/aromatic N) is 2. The normalized spacial score (nSPS) is 11.3. The lowest BCUT2D eigenvalue weighted by Gasteiger charge is -2.25. The Morgan fingerprint density at radius 3 is 2.17 bits per heavy atom. The van der Waals surface area contributed by atoms with Gasteiger partial charge in [-0.25, -0.2) is 0 Å². The van der Waals surface area contributed by atoms with E-state index in [9.17, 15) is 10.1 Å². The molecule has 0 spiro atoms. The van der Waals surface area contributed by atoms with Crippen LogP contribution in [0.15, 0.2) is 36.0 Å². The van der Waals surface area contributed by atoms with E-state index in [0.717, 1.165) is 13.1 Å². The number of hydrogen-bond acceptors (Lipinski definition) is 4. The summed E-state index contributed by atoms with van der Waals surface area (Å²) in [5.74, 6) is 1.21. The van der Waals surface area contributed by atoms with Crippen molar-refractivity contribution in [3.63, 3.8) is 0 Å². The van der Waals surface area contributed by atoms with Crippen molar-refractivity contribution in [1.82, 2.24) is 4.90 Å². The highest BCUT2D eigenvalue weighted by Crippen LogP contribution is 2.16. The highest BCUT2D eigenvalue weighted by molar-refractivity contribution is 6.06. The SMILES string of the molecule is COc1ccc(NC(=O)/C(C#N)=C\N(CC(C)C)CC(C)C)cc1. The Hall–Kier alpha value is -2.48. The standard InChI is InChI=1S/C19H27N3O2/c1-14(2)11-22(12-15(3)4)13-16(10-20)19(23)21-17-6-8-18(24-5)9-7-17/h6-9,13-15H,11-12H2,1-5H3,(H,21,23)/b16-13-. The maximum Gasteiger partial charge on any atom is 0.267 e. The van der Waals surface area contributed by atoms with E-state index in [1.807, 2.05) is 11.0 Å². The minimum atomic E-state index is -0.403. The average molecular weight is 329 g/mol. The molecule has 1 N–H and O–H groups in total. The third kappa shape index (κ3) is 6.74. The Balaban J connectivity index is 2.87. The topological polar surface area (TPSA) is 65.4 Å². The lowest BCUT2D eigenvalue weighted by Crippen LogP contribution is -2.28. The summed E-state index contributed by atoms with van der Waals surface area (Å²) in [5.41, 5.74) is 0.730. The molecule has 0 aliphatic carbocycles. The largest absolute Gasteiger partial charge is 0.497 e. The molecular weight excluding hydrogens is 302 g/mol. The number of carbonyl (C=O) groups is 1. The summed E-state index contributed by atoms with van der Waals surface area (Å²) in [6.07, 6.45) is 1.67. The van der Waals surface area contributed by atoms with Crippen LogP contribution in [-0.4, -0.2) is 31.0 Å². The van der Waals surface area contributed by atoms with Crippen molar-refractivity contribution in [2.75, 3.05) is 25.5 Å². The second kappa shape index (κ2) is 9.61. The van der Waals surface area contributed by atoms with Crippen LogP contribution in [-0.2, 0) is 4.79 Å². The number of carbonyl (C=O) groups excluding carboxylic acids is 1. The molecule has 130 valence electrons. The molecule has 1 aromatic carbocycles. The van der Waals surface area contributed by atoms with Crippen molar-refractivity contribution in [2.24, 2.45) is 11.8 Å². The number of ether oxygens (including phenoxy) is 1. The number of nitrogens with one attached hydrogen (secondary N) is 1. The zero-order valence-corrected chi connectivity index (χ0v) is 15.2. The lowest BCUT2D eigenvalue weighted by atomic mass is 10.1. The van der Waals surface area contributed by atoms with Crippen molar-refractivity contribution in [3.8, 4) is 11.8 Å². The zero-order valence-electron chi connectivity index (χ0n) is 15.2. The molecule has 1 aromatic rings. The predicted molar refractivity (Wildman–Crippen MR) is 96.6 cm³/mol. The van der Waals surface area contributed by atoms with E-state index < -0.39 is 5.91 Å². The van der Waals surface area contributed by atoms with E-state index in [0.29, 0.717) is 23.3 Å². The van der Waals surface area contributed by atoms with Gasteiger partial charge in [-0.15, -0.1) is 0 Å². The van der Waals surface area contributed by atoms with Crippen molar-refractivity contribution in [1.29, 1.82) is 5.26 Å². The number of rotatable bonds is 8. The van der Waals surface area contributed by atoms with Crippen LogP contribution in [0.3, 0.4) is 0 Å². The summed E-state index contributed by atoms with van der Waals surface area (Å²) in [6.45, 7) is 10.1. The quantitative estimate of drug-likeness (QED) is 0.584. The van der Waals surface area contributed by atoms with Crippen LogP contribution in [0.25, 0.3) is 0 Å². The Bertz CT molecular complexity index is 588. The monoisotopic (exact) mass is 329 g/mol. The summed E-state index contributed by atoms with van der Waals surface area (Å²) in [7, 11) is 1.59. The highest BCUT2D eigenvalue weighted by Gasteiger charge is 2.13. The Kier molecular flexibility index (Phi) is 7.84. The number of methoxy groups -OCH3 is 1. The molecular formula is C19H27N3O2. The highest BCUT2D eigenvalue weighted by atomic mass is 16.5. The Morgan fingerprint density at radius 1 is 1.21 bits per heavy atom. The van der Waals surface area contributed by atoms with Gasteiger partial charge in [0.1, 0.15) is 17.4 Å². The molecule has 0 radical (unpaired) electrons. The van der Waals surface area contributed by atoms with Gasteiger partial charge < -0.3 is 15.0 Å². The van der Waals surface area contributed by atoms with Gasteiger partial charge in [-0.1, -0.05) is 27.7 Å². The number of benzene rings is 1. The van der Waals surface area contributed by atoms with Crippen molar-refractivity contribution in [2.45, 2.75) is 27.7 Å². The molecule has 0 saturated carbocycles. The van der Waals surface area contributed by atoms with E-state index in [-0.39, 0.29) is 5.57 Å². The number of nitriles is 1. The van der Waals surface area contributed by atoms with Crippen LogP contribution in [0, 0.1) is 23.2 Å². The summed E-state index contributed by atoms with van der Waals surface area (Å²) >= 11 is 0. The Morgan fingerprint density at radius 2 is 1.75 bits per heavy atom. The van der Waals surface area contributed by atoms with Crippen molar-refractivity contribution >= 4 is 11.6 Å². The van der Waals surface area contributed by atoms with Gasteiger partial charge in [0.2, 0.25) is 0 Å². The van der Waals surface area contributed by atoms with E-state index in [4.69, 9.17) is 4.74 Å². The zero-order chi connectivity index (χ0) is 18.1. The van der Waals surface area contributed by atoms with E-state index in [1.54, 1.807) is 37.6 Å². The van der Waals surface area contributed by atoms with E-state index in [2.05, 4.69) is 33.0 Å². The lowest BCUT2D eigenvalue weighted by molar-refractivity contribution is -0.112. The molecule has 0 saturated heterocycles. The second-order valence-electron chi connectivity index (χ2n) is 6.58. The molecule has 1 rings (SSSR count). The van der Waals surface area contributed by atoms with Crippen LogP contribution < -0.4 is 10.1 Å². The van der Waals surface area contributed by atoms with E-state index in [1.165, 1.54) is 0 Å². The Labute approximate surface area is 144 Å². The first kappa shape index (κ1) is 19.6. The molecule has 0 aliphatic heterocycles. The fourth-order valence-electron chi connectivity index (χ4n) is 2.31. The van der Waals surface area contributed by atoms with Crippen LogP contribution in [0.1, 0.15) is 27.7 Å². The molecule has 5 heteroatoms. The smallest absolute Gasteiger partial charge is 0.267 e. The minimum Gasteiger partial charge on any atom is -0.497 e. The van der Waals surface area contributed by atoms with Crippen LogP contribution in [0.4, 0.5) is 5.69 Å². The van der Waals surface area contributed by atoms with Gasteiger partial charge >= 0.3 is 0 Å². The molecule has 24 heavy (non-hydrogen) atoms. The van der Waals surface area contributed by atoms with Gasteiger partial charge in [0.25, 0.3) is 5.91 Å². The first-order valence-corrected chi connectivity index (χ1v) is 8.17. The van der Waals surface area contributed by atoms with Gasteiger partial charge in [0.15, 0.2) is 0 Å². The summed E-state index contributed by atoms with van der Waals surface area (Å²) in [6, 6.07) is 9.01. The average Bonchev–Trinajstić information content (AvgIpc) is 2.51. The van der Waals surface area contributed by atoms with Crippen LogP contribution >= 0.6 is 0 Å². The third-order valence-corrected chi connectivity index (χ3v) is 3.22. The maximum absolute atomic E-state index is 12.3. The van der Waals surface area contributed by atoms with Gasteiger partial charge in [0, 0.05) is 25.0 Å². The summed E-state index contributed by atoms with van der Waals surface area (Å²) in [5, 5.41) is 12.1. The molecule has 0 atom stereocenters. The predicted octanol–water partition coefficient (Wildman–Crippen LogP) is 3.66. The molecule has 5 nitrogen and oxygen atoms in total. The van der Waals surface area contributed by atoms with Gasteiger partial charge in [-0.2, -0.15) is 5.26 Å². The summed E-state index contributed by atoms with van der Waals surface area (Å²) < 4.78 is 5.09. The van der Waals surface area contributed by atoms with Gasteiger partial charge in [-0.3, -0.25) is 4.79 Å². The maximum atomic E-state index is 12.3. The molecule has 0 heterocycles. The van der Waals surface area contributed by atoms with Crippen LogP contribution in [0.5, 0.6) is 5.75 Å². The molecule has 0 bridgehead atoms. The minimum absolute atomic E-state index is 0.104.